The van der Waals surface area contributed by atoms with Gasteiger partial charge in [0, 0.05) is 18.8 Å². The summed E-state index contributed by atoms with van der Waals surface area (Å²) in [5, 5.41) is 2.95. The second kappa shape index (κ2) is 7.46. The lowest BCUT2D eigenvalue weighted by molar-refractivity contribution is -0.124. The van der Waals surface area contributed by atoms with Crippen LogP contribution in [0.25, 0.3) is 0 Å². The van der Waals surface area contributed by atoms with Gasteiger partial charge in [0.25, 0.3) is 0 Å². The van der Waals surface area contributed by atoms with Crippen LogP contribution in [0.15, 0.2) is 59.5 Å². The molecule has 0 bridgehead atoms. The summed E-state index contributed by atoms with van der Waals surface area (Å²) in [5.74, 6) is 0.339. The quantitative estimate of drug-likeness (QED) is 0.837. The van der Waals surface area contributed by atoms with Gasteiger partial charge in [-0.3, -0.25) is 4.79 Å². The van der Waals surface area contributed by atoms with Crippen LogP contribution in [0.5, 0.6) is 0 Å². The van der Waals surface area contributed by atoms with Crippen molar-refractivity contribution < 1.29 is 13.2 Å². The van der Waals surface area contributed by atoms with Crippen LogP contribution in [0, 0.1) is 0 Å². The minimum atomic E-state index is -3.57. The Labute approximate surface area is 172 Å². The average Bonchev–Trinajstić information content (AvgIpc) is 3.04. The number of hydrogen-bond acceptors (Lipinski definition) is 4. The molecule has 4 rings (SSSR count). The van der Waals surface area contributed by atoms with E-state index in [1.165, 1.54) is 4.31 Å². The van der Waals surface area contributed by atoms with Gasteiger partial charge in [-0.05, 0) is 48.6 Å². The third-order valence-corrected chi connectivity index (χ3v) is 8.05. The molecule has 2 aliphatic heterocycles. The highest BCUT2D eigenvalue weighted by Crippen LogP contribution is 2.37. The van der Waals surface area contributed by atoms with E-state index in [0.29, 0.717) is 43.4 Å². The van der Waals surface area contributed by atoms with Gasteiger partial charge in [0.15, 0.2) is 0 Å². The Morgan fingerprint density at radius 3 is 2.17 bits per heavy atom. The Kier molecular flexibility index (Phi) is 5.12. The fraction of sp³-hybridized carbons (Fsp3) is 0.409. The topological polar surface area (TPSA) is 69.7 Å². The van der Waals surface area contributed by atoms with Crippen LogP contribution < -0.4 is 10.2 Å². The Balaban J connectivity index is 1.54. The van der Waals surface area contributed by atoms with Crippen molar-refractivity contribution in [3.63, 3.8) is 0 Å². The summed E-state index contributed by atoms with van der Waals surface area (Å²) in [6.07, 6.45) is 0.939. The maximum Gasteiger partial charge on any atom is 0.247 e. The highest BCUT2D eigenvalue weighted by molar-refractivity contribution is 7.89. The molecule has 2 aliphatic rings. The zero-order chi connectivity index (χ0) is 20.6. The van der Waals surface area contributed by atoms with Crippen LogP contribution >= 0.6 is 0 Å². The molecule has 0 atom stereocenters. The summed E-state index contributed by atoms with van der Waals surface area (Å²) >= 11 is 0. The molecule has 2 aromatic carbocycles. The van der Waals surface area contributed by atoms with Crippen LogP contribution in [0.2, 0.25) is 0 Å². The van der Waals surface area contributed by atoms with Crippen LogP contribution in [0.4, 0.5) is 5.69 Å². The van der Waals surface area contributed by atoms with E-state index in [1.807, 2.05) is 42.5 Å². The molecule has 154 valence electrons. The summed E-state index contributed by atoms with van der Waals surface area (Å²) in [5.41, 5.74) is 1.41. The lowest BCUT2D eigenvalue weighted by Gasteiger charge is -2.42. The van der Waals surface area contributed by atoms with Gasteiger partial charge in [-0.1, -0.05) is 44.2 Å². The predicted molar refractivity (Wildman–Crippen MR) is 113 cm³/mol. The smallest absolute Gasteiger partial charge is 0.247 e. The molecule has 29 heavy (non-hydrogen) atoms. The molecule has 2 heterocycles. The fourth-order valence-corrected chi connectivity index (χ4v) is 5.74. The lowest BCUT2D eigenvalue weighted by Crippen LogP contribution is -2.57. The minimum Gasteiger partial charge on any atom is -0.339 e. The predicted octanol–water partition coefficient (Wildman–Crippen LogP) is 2.93. The molecule has 2 fully saturated rings. The summed E-state index contributed by atoms with van der Waals surface area (Å²) in [6.45, 7) is 5.26. The number of piperidine rings is 1. The number of anilines is 1. The first-order valence-electron chi connectivity index (χ1n) is 10.1. The molecule has 1 N–H and O–H groups in total. The first-order chi connectivity index (χ1) is 13.8. The van der Waals surface area contributed by atoms with Crippen molar-refractivity contribution in [1.29, 1.82) is 0 Å². The Morgan fingerprint density at radius 2 is 1.59 bits per heavy atom. The van der Waals surface area contributed by atoms with Crippen LogP contribution in [-0.2, 0) is 14.8 Å². The van der Waals surface area contributed by atoms with Gasteiger partial charge < -0.3 is 10.2 Å². The number of amides is 1. The molecular weight excluding hydrogens is 386 g/mol. The summed E-state index contributed by atoms with van der Waals surface area (Å²) in [6, 6.07) is 17.0. The molecule has 0 saturated carbocycles. The molecule has 0 aromatic heterocycles. The van der Waals surface area contributed by atoms with Crippen molar-refractivity contribution in [2.24, 2.45) is 0 Å². The number of hydrogen-bond donors (Lipinski definition) is 1. The normalized spacial score (nSPS) is 19.7. The highest BCUT2D eigenvalue weighted by atomic mass is 32.2. The van der Waals surface area contributed by atoms with Gasteiger partial charge in [-0.15, -0.1) is 0 Å². The second-order valence-corrected chi connectivity index (χ2v) is 10.0. The van der Waals surface area contributed by atoms with Crippen molar-refractivity contribution >= 4 is 21.6 Å². The van der Waals surface area contributed by atoms with E-state index in [2.05, 4.69) is 24.1 Å². The number of sulfonamides is 1. The van der Waals surface area contributed by atoms with Gasteiger partial charge in [0.1, 0.15) is 5.54 Å². The number of rotatable bonds is 4. The molecule has 1 spiro atoms. The Morgan fingerprint density at radius 1 is 0.966 bits per heavy atom. The van der Waals surface area contributed by atoms with Gasteiger partial charge in [-0.25, -0.2) is 8.42 Å². The Hall–Kier alpha value is -2.38. The number of nitrogens with zero attached hydrogens (tertiary/aromatic N) is 2. The third kappa shape index (κ3) is 3.42. The number of carbonyl (C=O) groups is 1. The van der Waals surface area contributed by atoms with E-state index in [4.69, 9.17) is 0 Å². The van der Waals surface area contributed by atoms with Gasteiger partial charge in [0.2, 0.25) is 15.9 Å². The molecule has 1 amide bonds. The van der Waals surface area contributed by atoms with Crippen molar-refractivity contribution in [3.8, 4) is 0 Å². The van der Waals surface area contributed by atoms with Crippen LogP contribution in [0.1, 0.15) is 38.2 Å². The summed E-state index contributed by atoms with van der Waals surface area (Å²) < 4.78 is 27.7. The lowest BCUT2D eigenvalue weighted by atomic mass is 9.86. The van der Waals surface area contributed by atoms with Crippen LogP contribution in [0.3, 0.4) is 0 Å². The molecule has 0 radical (unpaired) electrons. The number of carbonyl (C=O) groups excluding carboxylic acids is 1. The second-order valence-electron chi connectivity index (χ2n) is 8.09. The summed E-state index contributed by atoms with van der Waals surface area (Å²) in [4.78, 5) is 15.1. The third-order valence-electron chi connectivity index (χ3n) is 6.14. The van der Waals surface area contributed by atoms with E-state index in [-0.39, 0.29) is 5.91 Å². The van der Waals surface area contributed by atoms with Crippen molar-refractivity contribution in [1.82, 2.24) is 9.62 Å². The SMILES string of the molecule is CC(C)c1ccc(S(=O)(=O)N2CCC3(CC2)C(=O)NCN3c2ccccc2)cc1. The first-order valence-corrected chi connectivity index (χ1v) is 11.5. The summed E-state index contributed by atoms with van der Waals surface area (Å²) in [7, 11) is -3.57. The monoisotopic (exact) mass is 413 g/mol. The van der Waals surface area contributed by atoms with E-state index >= 15 is 0 Å². The molecule has 2 saturated heterocycles. The molecular formula is C22H27N3O3S. The van der Waals surface area contributed by atoms with E-state index in [9.17, 15) is 13.2 Å². The molecule has 2 aromatic rings. The van der Waals surface area contributed by atoms with Crippen molar-refractivity contribution in [3.05, 3.63) is 60.2 Å². The molecule has 6 nitrogen and oxygen atoms in total. The largest absolute Gasteiger partial charge is 0.339 e. The molecule has 7 heteroatoms. The van der Waals surface area contributed by atoms with Crippen molar-refractivity contribution in [2.75, 3.05) is 24.7 Å². The number of nitrogens with one attached hydrogen (secondary N) is 1. The standard InChI is InChI=1S/C22H27N3O3S/c1-17(2)18-8-10-20(11-9-18)29(27,28)24-14-12-22(13-15-24)21(26)23-16-25(22)19-6-4-3-5-7-19/h3-11,17H,12-16H2,1-2H3,(H,23,26). The highest BCUT2D eigenvalue weighted by Gasteiger charge is 2.51. The van der Waals surface area contributed by atoms with E-state index in [0.717, 1.165) is 11.3 Å². The number of para-hydroxylation sites is 1. The van der Waals surface area contributed by atoms with Gasteiger partial charge in [0.05, 0.1) is 11.6 Å². The number of benzene rings is 2. The van der Waals surface area contributed by atoms with Gasteiger partial charge in [-0.2, -0.15) is 4.31 Å². The minimum absolute atomic E-state index is 0.0142. The van der Waals surface area contributed by atoms with E-state index < -0.39 is 15.6 Å². The van der Waals surface area contributed by atoms with Crippen LogP contribution in [-0.4, -0.2) is 43.9 Å². The zero-order valence-electron chi connectivity index (χ0n) is 16.8. The fourth-order valence-electron chi connectivity index (χ4n) is 4.30. The Bertz CT molecular complexity index is 980. The maximum absolute atomic E-state index is 13.1. The van der Waals surface area contributed by atoms with Gasteiger partial charge >= 0.3 is 0 Å². The average molecular weight is 414 g/mol. The maximum atomic E-state index is 13.1. The molecule has 0 unspecified atom stereocenters. The first kappa shape index (κ1) is 19.9. The van der Waals surface area contributed by atoms with E-state index in [1.54, 1.807) is 12.1 Å². The molecule has 0 aliphatic carbocycles. The zero-order valence-corrected chi connectivity index (χ0v) is 17.7. The van der Waals surface area contributed by atoms with Crippen molar-refractivity contribution in [2.45, 2.75) is 43.0 Å².